The van der Waals surface area contributed by atoms with Gasteiger partial charge in [0.25, 0.3) is 5.91 Å². The zero-order chi connectivity index (χ0) is 22.1. The second kappa shape index (κ2) is 10.7. The van der Waals surface area contributed by atoms with Crippen LogP contribution in [0.5, 0.6) is 5.75 Å². The molecule has 0 bridgehead atoms. The molecular formula is C21H26N2O6S. The van der Waals surface area contributed by atoms with E-state index in [4.69, 9.17) is 9.47 Å². The van der Waals surface area contributed by atoms with Gasteiger partial charge in [0.1, 0.15) is 5.75 Å². The summed E-state index contributed by atoms with van der Waals surface area (Å²) in [5.41, 5.74) is 1.68. The van der Waals surface area contributed by atoms with Crippen molar-refractivity contribution in [3.8, 4) is 5.75 Å². The molecule has 0 radical (unpaired) electrons. The summed E-state index contributed by atoms with van der Waals surface area (Å²) in [6, 6.07) is 11.7. The Morgan fingerprint density at radius 1 is 1.07 bits per heavy atom. The van der Waals surface area contributed by atoms with E-state index < -0.39 is 28.5 Å². The third-order valence-corrected chi connectivity index (χ3v) is 5.85. The Morgan fingerprint density at radius 3 is 2.40 bits per heavy atom. The third kappa shape index (κ3) is 6.57. The monoisotopic (exact) mass is 434 g/mol. The topological polar surface area (TPSA) is 111 Å². The Kier molecular flexibility index (Phi) is 8.37. The molecule has 9 heteroatoms. The largest absolute Gasteiger partial charge is 0.497 e. The molecule has 8 nitrogen and oxygen atoms in total. The van der Waals surface area contributed by atoms with E-state index in [1.165, 1.54) is 18.2 Å². The third-order valence-electron chi connectivity index (χ3n) is 4.30. The van der Waals surface area contributed by atoms with Crippen molar-refractivity contribution in [3.63, 3.8) is 0 Å². The van der Waals surface area contributed by atoms with E-state index in [9.17, 15) is 18.0 Å². The molecule has 0 unspecified atom stereocenters. The van der Waals surface area contributed by atoms with Crippen LogP contribution < -0.4 is 14.8 Å². The van der Waals surface area contributed by atoms with E-state index in [2.05, 4.69) is 10.0 Å². The van der Waals surface area contributed by atoms with Gasteiger partial charge >= 0.3 is 5.97 Å². The zero-order valence-electron chi connectivity index (χ0n) is 17.2. The molecule has 0 saturated carbocycles. The molecule has 2 aromatic rings. The van der Waals surface area contributed by atoms with Crippen LogP contribution in [0.15, 0.2) is 47.4 Å². The normalized spacial score (nSPS) is 11.0. The van der Waals surface area contributed by atoms with Crippen LogP contribution >= 0.6 is 0 Å². The second-order valence-corrected chi connectivity index (χ2v) is 8.27. The van der Waals surface area contributed by atoms with Crippen molar-refractivity contribution in [3.05, 3.63) is 59.2 Å². The molecule has 30 heavy (non-hydrogen) atoms. The number of benzene rings is 2. The summed E-state index contributed by atoms with van der Waals surface area (Å²) in [4.78, 5) is 24.2. The van der Waals surface area contributed by atoms with Gasteiger partial charge in [0, 0.05) is 13.1 Å². The number of hydrogen-bond donors (Lipinski definition) is 2. The Labute approximate surface area is 176 Å². The summed E-state index contributed by atoms with van der Waals surface area (Å²) < 4.78 is 36.8. The summed E-state index contributed by atoms with van der Waals surface area (Å²) in [6.45, 7) is 3.49. The standard InChI is InChI=1S/C21H26N2O6S/c1-4-23-30(26,27)18-10-5-15(2)19(13-18)21(25)29-14-20(24)22-12-11-16-6-8-17(28-3)9-7-16/h5-10,13,23H,4,11-12,14H2,1-3H3,(H,22,24). The Bertz CT molecular complexity index is 987. The molecule has 2 N–H and O–H groups in total. The van der Waals surface area contributed by atoms with Crippen molar-refractivity contribution in [1.82, 2.24) is 10.0 Å². The molecule has 0 aliphatic carbocycles. The fourth-order valence-corrected chi connectivity index (χ4v) is 3.73. The molecule has 0 aromatic heterocycles. The molecule has 0 heterocycles. The number of carbonyl (C=O) groups excluding carboxylic acids is 2. The Morgan fingerprint density at radius 2 is 1.77 bits per heavy atom. The van der Waals surface area contributed by atoms with Crippen molar-refractivity contribution in [2.24, 2.45) is 0 Å². The summed E-state index contributed by atoms with van der Waals surface area (Å²) >= 11 is 0. The van der Waals surface area contributed by atoms with Crippen LogP contribution in [-0.4, -0.2) is 47.1 Å². The summed E-state index contributed by atoms with van der Waals surface area (Å²) in [6.07, 6.45) is 0.618. The predicted molar refractivity (Wildman–Crippen MR) is 112 cm³/mol. The van der Waals surface area contributed by atoms with Crippen LogP contribution in [-0.2, 0) is 26.0 Å². The number of sulfonamides is 1. The average Bonchev–Trinajstić information content (AvgIpc) is 2.72. The molecule has 1 amide bonds. The number of rotatable bonds is 10. The van der Waals surface area contributed by atoms with Gasteiger partial charge in [-0.3, -0.25) is 4.79 Å². The van der Waals surface area contributed by atoms with E-state index >= 15 is 0 Å². The maximum atomic E-state index is 12.3. The maximum Gasteiger partial charge on any atom is 0.338 e. The number of methoxy groups -OCH3 is 1. The van der Waals surface area contributed by atoms with Gasteiger partial charge in [0.2, 0.25) is 10.0 Å². The smallest absolute Gasteiger partial charge is 0.338 e. The molecule has 0 aliphatic rings. The number of hydrogen-bond acceptors (Lipinski definition) is 6. The van der Waals surface area contributed by atoms with Crippen LogP contribution in [0.2, 0.25) is 0 Å². The highest BCUT2D eigenvalue weighted by Crippen LogP contribution is 2.16. The highest BCUT2D eigenvalue weighted by molar-refractivity contribution is 7.89. The first-order valence-corrected chi connectivity index (χ1v) is 10.9. The summed E-state index contributed by atoms with van der Waals surface area (Å²) in [5, 5.41) is 2.68. The quantitative estimate of drug-likeness (QED) is 0.552. The molecule has 0 fully saturated rings. The van der Waals surface area contributed by atoms with Gasteiger partial charge in [-0.15, -0.1) is 0 Å². The SMILES string of the molecule is CCNS(=O)(=O)c1ccc(C)c(C(=O)OCC(=O)NCCc2ccc(OC)cc2)c1. The molecule has 2 aromatic carbocycles. The molecule has 0 saturated heterocycles. The van der Waals surface area contributed by atoms with Gasteiger partial charge in [-0.05, 0) is 48.7 Å². The van der Waals surface area contributed by atoms with Crippen molar-refractivity contribution in [2.75, 3.05) is 26.8 Å². The number of amides is 1. The van der Waals surface area contributed by atoms with Crippen molar-refractivity contribution < 1.29 is 27.5 Å². The average molecular weight is 435 g/mol. The second-order valence-electron chi connectivity index (χ2n) is 6.50. The summed E-state index contributed by atoms with van der Waals surface area (Å²) in [7, 11) is -2.11. The molecule has 0 aliphatic heterocycles. The summed E-state index contributed by atoms with van der Waals surface area (Å²) in [5.74, 6) is -0.440. The van der Waals surface area contributed by atoms with Crippen molar-refractivity contribution in [1.29, 1.82) is 0 Å². The van der Waals surface area contributed by atoms with Crippen LogP contribution in [0.1, 0.15) is 28.4 Å². The number of esters is 1. The van der Waals surface area contributed by atoms with Gasteiger partial charge in [-0.25, -0.2) is 17.9 Å². The lowest BCUT2D eigenvalue weighted by Crippen LogP contribution is -2.30. The predicted octanol–water partition coefficient (Wildman–Crippen LogP) is 1.82. The van der Waals surface area contributed by atoms with E-state index in [-0.39, 0.29) is 17.0 Å². The van der Waals surface area contributed by atoms with Gasteiger partial charge in [-0.2, -0.15) is 0 Å². The van der Waals surface area contributed by atoms with Crippen molar-refractivity contribution in [2.45, 2.75) is 25.2 Å². The molecule has 0 spiro atoms. The lowest BCUT2D eigenvalue weighted by atomic mass is 10.1. The van der Waals surface area contributed by atoms with Crippen LogP contribution in [0, 0.1) is 6.92 Å². The minimum atomic E-state index is -3.70. The van der Waals surface area contributed by atoms with Gasteiger partial charge in [0.05, 0.1) is 17.6 Å². The van der Waals surface area contributed by atoms with Gasteiger partial charge < -0.3 is 14.8 Å². The zero-order valence-corrected chi connectivity index (χ0v) is 18.0. The number of ether oxygens (including phenoxy) is 2. The lowest BCUT2D eigenvalue weighted by molar-refractivity contribution is -0.124. The Hall–Kier alpha value is -2.91. The van der Waals surface area contributed by atoms with E-state index in [1.807, 2.05) is 24.3 Å². The van der Waals surface area contributed by atoms with Gasteiger partial charge in [0.15, 0.2) is 6.61 Å². The van der Waals surface area contributed by atoms with E-state index in [1.54, 1.807) is 21.0 Å². The number of nitrogens with one attached hydrogen (secondary N) is 2. The van der Waals surface area contributed by atoms with E-state index in [0.29, 0.717) is 18.5 Å². The number of carbonyl (C=O) groups is 2. The first-order valence-electron chi connectivity index (χ1n) is 9.44. The molecule has 2 rings (SSSR count). The first-order chi connectivity index (χ1) is 14.3. The fourth-order valence-electron chi connectivity index (χ4n) is 2.66. The highest BCUT2D eigenvalue weighted by atomic mass is 32.2. The lowest BCUT2D eigenvalue weighted by Gasteiger charge is -2.10. The first kappa shape index (κ1) is 23.4. The van der Waals surface area contributed by atoms with Crippen LogP contribution in [0.25, 0.3) is 0 Å². The van der Waals surface area contributed by atoms with Gasteiger partial charge in [-0.1, -0.05) is 25.1 Å². The van der Waals surface area contributed by atoms with Crippen molar-refractivity contribution >= 4 is 21.9 Å². The maximum absolute atomic E-state index is 12.3. The minimum absolute atomic E-state index is 0.0363. The molecular weight excluding hydrogens is 408 g/mol. The molecule has 0 atom stereocenters. The Balaban J connectivity index is 1.87. The van der Waals surface area contributed by atoms with E-state index in [0.717, 1.165) is 11.3 Å². The van der Waals surface area contributed by atoms with Crippen LogP contribution in [0.4, 0.5) is 0 Å². The fraction of sp³-hybridized carbons (Fsp3) is 0.333. The van der Waals surface area contributed by atoms with Crippen LogP contribution in [0.3, 0.4) is 0 Å². The highest BCUT2D eigenvalue weighted by Gasteiger charge is 2.18. The molecule has 162 valence electrons. The number of aryl methyl sites for hydroxylation is 1. The minimum Gasteiger partial charge on any atom is -0.497 e.